The highest BCUT2D eigenvalue weighted by Gasteiger charge is 2.84. The number of morpholine rings is 1. The Morgan fingerprint density at radius 3 is 2.56 bits per heavy atom. The van der Waals surface area contributed by atoms with Gasteiger partial charge in [-0.2, -0.15) is 0 Å². The van der Waals surface area contributed by atoms with Gasteiger partial charge in [-0.15, -0.1) is 0 Å². The molecule has 0 amide bonds. The number of carbonyl (C=O) groups excluding carboxylic acids is 1. The molecule has 5 saturated carbocycles. The number of hydrogen-bond donors (Lipinski definition) is 2. The fraction of sp³-hybridized carbons (Fsp3) is 0.900. The number of carbonyl (C=O) groups is 1. The first-order chi connectivity index (χ1) is 23.5. The average Bonchev–Trinajstić information content (AvgIpc) is 3.33. The molecule has 3 heterocycles. The van der Waals surface area contributed by atoms with Crippen molar-refractivity contribution < 1.29 is 38.4 Å². The number of aromatic nitrogens is 1. The van der Waals surface area contributed by atoms with Crippen LogP contribution in [0, 0.1) is 50.7 Å². The van der Waals surface area contributed by atoms with E-state index in [1.54, 1.807) is 20.1 Å². The Balaban J connectivity index is 1.01. The highest BCUT2D eigenvalue weighted by Crippen LogP contribution is 2.89. The van der Waals surface area contributed by atoms with Crippen molar-refractivity contribution in [2.24, 2.45) is 50.7 Å². The van der Waals surface area contributed by atoms with Crippen LogP contribution in [0.4, 0.5) is 0 Å². The third kappa shape index (κ3) is 4.93. The van der Waals surface area contributed by atoms with Gasteiger partial charge in [0.25, 0.3) is 0 Å². The lowest BCUT2D eigenvalue weighted by molar-refractivity contribution is -0.249. The molecule has 1 aromatic heterocycles. The number of hydrogen-bond acceptors (Lipinski definition) is 10. The topological polar surface area (TPSA) is 124 Å². The summed E-state index contributed by atoms with van der Waals surface area (Å²) in [6, 6.07) is 0. The molecule has 0 bridgehead atoms. The molecule has 7 fully saturated rings. The fourth-order valence-electron chi connectivity index (χ4n) is 14.2. The molecule has 7 unspecified atom stereocenters. The van der Waals surface area contributed by atoms with E-state index in [0.717, 1.165) is 51.0 Å². The van der Waals surface area contributed by atoms with Crippen LogP contribution in [0.2, 0.25) is 0 Å². The van der Waals surface area contributed by atoms with Crippen LogP contribution in [0.5, 0.6) is 0 Å². The highest BCUT2D eigenvalue weighted by molar-refractivity contribution is 5.66. The molecule has 50 heavy (non-hydrogen) atoms. The SMILES string of the molecule is CC(=O)O[C@@H](C1C[C@@H](C)[C@H]2C(O1)[C@H](O)[C@@]1(C)C3CCC4C(C)(C)C(O[C@H]5CN(Cc6cocn6)CCO5)CCC45C[C@@]35CCC21C)C(C)(C)O. The van der Waals surface area contributed by atoms with E-state index < -0.39 is 29.9 Å². The van der Waals surface area contributed by atoms with Crippen LogP contribution in [0.15, 0.2) is 17.1 Å². The maximum absolute atomic E-state index is 12.6. The molecule has 7 aliphatic rings. The van der Waals surface area contributed by atoms with E-state index in [1.807, 2.05) is 0 Å². The van der Waals surface area contributed by atoms with Gasteiger partial charge in [0.1, 0.15) is 6.26 Å². The Hall–Kier alpha value is -1.56. The van der Waals surface area contributed by atoms with Gasteiger partial charge in [0.05, 0.1) is 48.9 Å². The molecule has 14 atom stereocenters. The molecule has 2 N–H and O–H groups in total. The number of ether oxygens (including phenoxy) is 4. The van der Waals surface area contributed by atoms with Crippen LogP contribution < -0.4 is 0 Å². The number of oxazole rings is 1. The Labute approximate surface area is 298 Å². The minimum atomic E-state index is -1.26. The number of fused-ring (bicyclic) bond motifs is 4. The molecule has 10 heteroatoms. The van der Waals surface area contributed by atoms with Crippen LogP contribution in [0.25, 0.3) is 0 Å². The number of aliphatic hydroxyl groups is 2. The van der Waals surface area contributed by atoms with Gasteiger partial charge in [-0.1, -0.05) is 34.6 Å². The number of nitrogens with zero attached hydrogens (tertiary/aromatic N) is 2. The quantitative estimate of drug-likeness (QED) is 0.341. The van der Waals surface area contributed by atoms with Crippen molar-refractivity contribution in [3.8, 4) is 0 Å². The monoisotopic (exact) mass is 698 g/mol. The standard InChI is InChI=1S/C40H62N2O8/c1-23-17-26(34(36(5,6)45)48-24(2)43)49-32-31(23)37(7)13-14-40-21-39(40)12-11-29(35(3,4)27(39)9-10-28(40)38(37,8)33(32)44)50-30-19-42(15-16-47-30)18-25-20-46-22-41-25/h20,22-23,26-34,44-45H,9-19,21H2,1-8H3/t23-,26?,27?,28?,29?,30+,31+,32?,33+,34+,37?,38-,39?,40+/m1/s1. The summed E-state index contributed by atoms with van der Waals surface area (Å²) in [6.45, 7) is 19.8. The Kier molecular flexibility index (Phi) is 8.31. The Bertz CT molecular complexity index is 1440. The van der Waals surface area contributed by atoms with Crippen LogP contribution in [0.3, 0.4) is 0 Å². The van der Waals surface area contributed by atoms with Gasteiger partial charge < -0.3 is 33.6 Å². The van der Waals surface area contributed by atoms with Crippen LogP contribution in [-0.2, 0) is 30.3 Å². The largest absolute Gasteiger partial charge is 0.457 e. The summed E-state index contributed by atoms with van der Waals surface area (Å²) in [7, 11) is 0. The number of aliphatic hydroxyl groups excluding tert-OH is 1. The third-order valence-electron chi connectivity index (χ3n) is 16.4. The molecular formula is C40H62N2O8. The summed E-state index contributed by atoms with van der Waals surface area (Å²) >= 11 is 0. The zero-order valence-electron chi connectivity index (χ0n) is 31.7. The van der Waals surface area contributed by atoms with Crippen molar-refractivity contribution in [2.75, 3.05) is 19.7 Å². The maximum Gasteiger partial charge on any atom is 0.303 e. The Morgan fingerprint density at radius 1 is 1.12 bits per heavy atom. The van der Waals surface area contributed by atoms with E-state index in [4.69, 9.17) is 23.4 Å². The van der Waals surface area contributed by atoms with Crippen molar-refractivity contribution in [3.05, 3.63) is 18.4 Å². The number of rotatable bonds is 7. The van der Waals surface area contributed by atoms with Crippen LogP contribution in [-0.4, -0.2) is 88.2 Å². The molecular weight excluding hydrogens is 636 g/mol. The predicted molar refractivity (Wildman–Crippen MR) is 184 cm³/mol. The summed E-state index contributed by atoms with van der Waals surface area (Å²) in [6.07, 6.45) is 9.65. The maximum atomic E-state index is 12.6. The molecule has 2 spiro atoms. The van der Waals surface area contributed by atoms with E-state index in [1.165, 1.54) is 32.6 Å². The fourth-order valence-corrected chi connectivity index (χ4v) is 14.2. The summed E-state index contributed by atoms with van der Waals surface area (Å²) in [5.74, 6) is 1.05. The normalized spacial score (nSPS) is 48.7. The van der Waals surface area contributed by atoms with Gasteiger partial charge in [-0.25, -0.2) is 4.98 Å². The Morgan fingerprint density at radius 2 is 1.86 bits per heavy atom. The first-order valence-corrected chi connectivity index (χ1v) is 19.6. The van der Waals surface area contributed by atoms with Gasteiger partial charge in [-0.05, 0) is 111 Å². The van der Waals surface area contributed by atoms with Crippen molar-refractivity contribution >= 4 is 5.97 Å². The van der Waals surface area contributed by atoms with Crippen molar-refractivity contribution in [1.29, 1.82) is 0 Å². The van der Waals surface area contributed by atoms with E-state index in [2.05, 4.69) is 44.5 Å². The van der Waals surface area contributed by atoms with E-state index in [9.17, 15) is 15.0 Å². The molecule has 0 aromatic carbocycles. The lowest BCUT2D eigenvalue weighted by Gasteiger charge is -2.64. The lowest BCUT2D eigenvalue weighted by atomic mass is 9.41. The average molecular weight is 699 g/mol. The predicted octanol–water partition coefficient (Wildman–Crippen LogP) is 5.73. The third-order valence-corrected chi connectivity index (χ3v) is 16.4. The summed E-state index contributed by atoms with van der Waals surface area (Å²) in [4.78, 5) is 18.8. The summed E-state index contributed by atoms with van der Waals surface area (Å²) in [5, 5.41) is 23.6. The molecule has 10 nitrogen and oxygen atoms in total. The first kappa shape index (κ1) is 35.5. The molecule has 5 aliphatic carbocycles. The minimum Gasteiger partial charge on any atom is -0.457 e. The van der Waals surface area contributed by atoms with Crippen molar-refractivity contribution in [2.45, 2.75) is 156 Å². The lowest BCUT2D eigenvalue weighted by Crippen LogP contribution is -2.60. The van der Waals surface area contributed by atoms with Crippen LogP contribution in [0.1, 0.15) is 112 Å². The molecule has 2 saturated heterocycles. The first-order valence-electron chi connectivity index (χ1n) is 19.6. The molecule has 280 valence electrons. The minimum absolute atomic E-state index is 0.0159. The second kappa shape index (κ2) is 11.7. The van der Waals surface area contributed by atoms with Crippen molar-refractivity contribution in [1.82, 2.24) is 9.88 Å². The van der Waals surface area contributed by atoms with Crippen molar-refractivity contribution in [3.63, 3.8) is 0 Å². The molecule has 8 rings (SSSR count). The summed E-state index contributed by atoms with van der Waals surface area (Å²) in [5.41, 5.74) is -0.123. The van der Waals surface area contributed by atoms with Crippen LogP contribution >= 0.6 is 0 Å². The van der Waals surface area contributed by atoms with Gasteiger partial charge >= 0.3 is 5.97 Å². The van der Waals surface area contributed by atoms with E-state index in [0.29, 0.717) is 30.3 Å². The van der Waals surface area contributed by atoms with E-state index >= 15 is 0 Å². The number of esters is 1. The van der Waals surface area contributed by atoms with Gasteiger partial charge in [0, 0.05) is 25.4 Å². The smallest absolute Gasteiger partial charge is 0.303 e. The van der Waals surface area contributed by atoms with Gasteiger partial charge in [0.2, 0.25) is 0 Å². The van der Waals surface area contributed by atoms with E-state index in [-0.39, 0.29) is 52.0 Å². The summed E-state index contributed by atoms with van der Waals surface area (Å²) < 4.78 is 30.9. The molecule has 2 aliphatic heterocycles. The highest BCUT2D eigenvalue weighted by atomic mass is 16.7. The van der Waals surface area contributed by atoms with Gasteiger partial charge in [0.15, 0.2) is 18.8 Å². The molecule has 0 radical (unpaired) electrons. The zero-order valence-corrected chi connectivity index (χ0v) is 31.7. The van der Waals surface area contributed by atoms with Gasteiger partial charge in [-0.3, -0.25) is 9.69 Å². The zero-order chi connectivity index (χ0) is 35.6. The second-order valence-electron chi connectivity index (χ2n) is 19.4. The molecule has 1 aromatic rings. The second-order valence-corrected chi connectivity index (χ2v) is 19.4.